The minimum absolute atomic E-state index is 0.195. The highest BCUT2D eigenvalue weighted by atomic mass is 16.7. The predicted octanol–water partition coefficient (Wildman–Crippen LogP) is 3.37. The molecule has 32 heavy (non-hydrogen) atoms. The van der Waals surface area contributed by atoms with Gasteiger partial charge in [0, 0.05) is 6.54 Å². The fourth-order valence-electron chi connectivity index (χ4n) is 3.13. The van der Waals surface area contributed by atoms with Crippen LogP contribution in [0.3, 0.4) is 0 Å². The number of rotatable bonds is 8. The Labute approximate surface area is 185 Å². The maximum absolute atomic E-state index is 12.7. The molecule has 1 aliphatic heterocycles. The molecular formula is C24H22N2O6. The number of fused-ring (bicyclic) bond motifs is 1. The Morgan fingerprint density at radius 3 is 2.50 bits per heavy atom. The Kier molecular flexibility index (Phi) is 6.41. The first-order valence-corrected chi connectivity index (χ1v) is 9.95. The van der Waals surface area contributed by atoms with Gasteiger partial charge in [-0.25, -0.2) is 0 Å². The molecule has 0 radical (unpaired) electrons. The fourth-order valence-corrected chi connectivity index (χ4v) is 3.13. The van der Waals surface area contributed by atoms with Crippen LogP contribution in [0, 0.1) is 0 Å². The average Bonchev–Trinajstić information content (AvgIpc) is 3.30. The molecular weight excluding hydrogens is 412 g/mol. The highest BCUT2D eigenvalue weighted by Crippen LogP contribution is 2.32. The van der Waals surface area contributed by atoms with E-state index in [1.54, 1.807) is 61.7 Å². The molecule has 0 atom stereocenters. The van der Waals surface area contributed by atoms with Gasteiger partial charge < -0.3 is 29.6 Å². The zero-order chi connectivity index (χ0) is 22.3. The van der Waals surface area contributed by atoms with Gasteiger partial charge in [-0.2, -0.15) is 0 Å². The quantitative estimate of drug-likeness (QED) is 0.565. The fraction of sp³-hybridized carbons (Fsp3) is 0.167. The van der Waals surface area contributed by atoms with Crippen LogP contribution in [0.1, 0.15) is 15.9 Å². The topological polar surface area (TPSA) is 95.1 Å². The van der Waals surface area contributed by atoms with Crippen molar-refractivity contribution < 1.29 is 28.5 Å². The van der Waals surface area contributed by atoms with Crippen LogP contribution in [0.25, 0.3) is 0 Å². The number of ether oxygens (including phenoxy) is 4. The number of carbonyl (C=O) groups excluding carboxylic acids is 2. The second kappa shape index (κ2) is 9.74. The number of methoxy groups -OCH3 is 1. The van der Waals surface area contributed by atoms with Gasteiger partial charge in [-0.15, -0.1) is 0 Å². The molecule has 3 aromatic rings. The number of hydrogen-bond acceptors (Lipinski definition) is 6. The maximum atomic E-state index is 12.7. The molecule has 0 saturated heterocycles. The Balaban J connectivity index is 1.34. The first-order chi connectivity index (χ1) is 15.6. The van der Waals surface area contributed by atoms with E-state index in [2.05, 4.69) is 10.6 Å². The number of anilines is 1. The number of amides is 2. The number of hydrogen-bond donors (Lipinski definition) is 2. The highest BCUT2D eigenvalue weighted by Gasteiger charge is 2.16. The standard InChI is InChI=1S/C24H22N2O6/c1-29-17-7-9-18(10-8-17)30-14-23(27)26-20-5-3-2-4-19(20)24(28)25-13-16-6-11-21-22(12-16)32-15-31-21/h2-12H,13-15H2,1H3,(H,25,28)(H,26,27). The van der Waals surface area contributed by atoms with Crippen molar-refractivity contribution in [2.75, 3.05) is 25.8 Å². The first kappa shape index (κ1) is 21.0. The lowest BCUT2D eigenvalue weighted by atomic mass is 10.1. The lowest BCUT2D eigenvalue weighted by Gasteiger charge is -2.12. The van der Waals surface area contributed by atoms with E-state index >= 15 is 0 Å². The van der Waals surface area contributed by atoms with Crippen molar-refractivity contribution in [1.82, 2.24) is 5.32 Å². The van der Waals surface area contributed by atoms with Gasteiger partial charge in [0.2, 0.25) is 6.79 Å². The van der Waals surface area contributed by atoms with Crippen molar-refractivity contribution in [1.29, 1.82) is 0 Å². The molecule has 1 aliphatic rings. The van der Waals surface area contributed by atoms with Crippen LogP contribution in [0.5, 0.6) is 23.0 Å². The second-order valence-electron chi connectivity index (χ2n) is 6.93. The van der Waals surface area contributed by atoms with Crippen molar-refractivity contribution in [3.8, 4) is 23.0 Å². The van der Waals surface area contributed by atoms with Gasteiger partial charge >= 0.3 is 0 Å². The normalized spacial score (nSPS) is 11.5. The predicted molar refractivity (Wildman–Crippen MR) is 117 cm³/mol. The molecule has 164 valence electrons. The first-order valence-electron chi connectivity index (χ1n) is 9.95. The number of benzene rings is 3. The number of nitrogens with one attached hydrogen (secondary N) is 2. The molecule has 0 fully saturated rings. The zero-order valence-electron chi connectivity index (χ0n) is 17.4. The molecule has 8 heteroatoms. The van der Waals surface area contributed by atoms with E-state index in [0.29, 0.717) is 40.8 Å². The van der Waals surface area contributed by atoms with Gasteiger partial charge in [-0.1, -0.05) is 18.2 Å². The molecule has 2 amide bonds. The maximum Gasteiger partial charge on any atom is 0.262 e. The van der Waals surface area contributed by atoms with Gasteiger partial charge in [0.15, 0.2) is 18.1 Å². The summed E-state index contributed by atoms with van der Waals surface area (Å²) in [6.45, 7) is 0.304. The minimum atomic E-state index is -0.378. The van der Waals surface area contributed by atoms with Crippen LogP contribution in [0.2, 0.25) is 0 Å². The summed E-state index contributed by atoms with van der Waals surface area (Å²) in [6, 6.07) is 19.2. The summed E-state index contributed by atoms with van der Waals surface area (Å²) < 4.78 is 21.2. The van der Waals surface area contributed by atoms with Gasteiger partial charge in [0.25, 0.3) is 11.8 Å². The van der Waals surface area contributed by atoms with Gasteiger partial charge in [0.05, 0.1) is 18.4 Å². The third kappa shape index (κ3) is 5.10. The van der Waals surface area contributed by atoms with Gasteiger partial charge in [-0.3, -0.25) is 9.59 Å². The number of para-hydroxylation sites is 1. The van der Waals surface area contributed by atoms with Crippen molar-refractivity contribution in [2.45, 2.75) is 6.54 Å². The number of carbonyl (C=O) groups is 2. The van der Waals surface area contributed by atoms with E-state index in [-0.39, 0.29) is 25.2 Å². The van der Waals surface area contributed by atoms with E-state index in [4.69, 9.17) is 18.9 Å². The van der Waals surface area contributed by atoms with Crippen LogP contribution >= 0.6 is 0 Å². The zero-order valence-corrected chi connectivity index (χ0v) is 17.4. The lowest BCUT2D eigenvalue weighted by molar-refractivity contribution is -0.118. The van der Waals surface area contributed by atoms with Gasteiger partial charge in [-0.05, 0) is 54.1 Å². The molecule has 0 aromatic heterocycles. The van der Waals surface area contributed by atoms with Crippen LogP contribution < -0.4 is 29.6 Å². The summed E-state index contributed by atoms with van der Waals surface area (Å²) in [5.41, 5.74) is 1.63. The smallest absolute Gasteiger partial charge is 0.262 e. The Bertz CT molecular complexity index is 1110. The van der Waals surface area contributed by atoms with Gasteiger partial charge in [0.1, 0.15) is 11.5 Å². The van der Waals surface area contributed by atoms with Crippen molar-refractivity contribution in [2.24, 2.45) is 0 Å². The molecule has 8 nitrogen and oxygen atoms in total. The summed E-state index contributed by atoms with van der Waals surface area (Å²) in [6.07, 6.45) is 0. The molecule has 0 saturated carbocycles. The van der Waals surface area contributed by atoms with E-state index < -0.39 is 0 Å². The van der Waals surface area contributed by atoms with Crippen LogP contribution in [0.15, 0.2) is 66.7 Å². The molecule has 0 bridgehead atoms. The molecule has 0 aliphatic carbocycles. The summed E-state index contributed by atoms with van der Waals surface area (Å²) in [5, 5.41) is 5.59. The van der Waals surface area contributed by atoms with Crippen LogP contribution in [-0.2, 0) is 11.3 Å². The third-order valence-electron chi connectivity index (χ3n) is 4.77. The molecule has 0 unspecified atom stereocenters. The SMILES string of the molecule is COc1ccc(OCC(=O)Nc2ccccc2C(=O)NCc2ccc3c(c2)OCO3)cc1. The summed E-state index contributed by atoms with van der Waals surface area (Å²) >= 11 is 0. The third-order valence-corrected chi connectivity index (χ3v) is 4.77. The van der Waals surface area contributed by atoms with Crippen LogP contribution in [-0.4, -0.2) is 32.3 Å². The van der Waals surface area contributed by atoms with E-state index in [1.807, 2.05) is 12.1 Å². The molecule has 3 aromatic carbocycles. The van der Waals surface area contributed by atoms with Crippen molar-refractivity contribution in [3.05, 3.63) is 77.9 Å². The lowest BCUT2D eigenvalue weighted by Crippen LogP contribution is -2.26. The molecule has 4 rings (SSSR count). The monoisotopic (exact) mass is 434 g/mol. The Hall–Kier alpha value is -4.20. The Morgan fingerprint density at radius 2 is 1.69 bits per heavy atom. The molecule has 2 N–H and O–H groups in total. The van der Waals surface area contributed by atoms with Crippen LogP contribution in [0.4, 0.5) is 5.69 Å². The second-order valence-corrected chi connectivity index (χ2v) is 6.93. The van der Waals surface area contributed by atoms with E-state index in [0.717, 1.165) is 5.56 Å². The van der Waals surface area contributed by atoms with Crippen molar-refractivity contribution >= 4 is 17.5 Å². The van der Waals surface area contributed by atoms with Crippen molar-refractivity contribution in [3.63, 3.8) is 0 Å². The van der Waals surface area contributed by atoms with E-state index in [9.17, 15) is 9.59 Å². The minimum Gasteiger partial charge on any atom is -0.497 e. The van der Waals surface area contributed by atoms with E-state index in [1.165, 1.54) is 0 Å². The molecule has 1 heterocycles. The summed E-state index contributed by atoms with van der Waals surface area (Å²) in [4.78, 5) is 25.1. The summed E-state index contributed by atoms with van der Waals surface area (Å²) in [7, 11) is 1.58. The summed E-state index contributed by atoms with van der Waals surface area (Å²) in [5.74, 6) is 1.89. The molecule has 0 spiro atoms. The largest absolute Gasteiger partial charge is 0.497 e. The Morgan fingerprint density at radius 1 is 0.938 bits per heavy atom. The highest BCUT2D eigenvalue weighted by molar-refractivity contribution is 6.04. The average molecular weight is 434 g/mol.